The minimum absolute atomic E-state index is 0. The Morgan fingerprint density at radius 1 is 1.38 bits per heavy atom. The normalized spacial score (nSPS) is 4.62. The average molecular weight is 301 g/mol. The molecule has 0 aromatic rings. The van der Waals surface area contributed by atoms with Gasteiger partial charge in [-0.05, 0) is 8.46 Å². The summed E-state index contributed by atoms with van der Waals surface area (Å²) in [5.41, 5.74) is 0. The van der Waals surface area contributed by atoms with Crippen LogP contribution in [0.4, 0.5) is 0 Å². The zero-order chi connectivity index (χ0) is 5.41. The van der Waals surface area contributed by atoms with Crippen molar-refractivity contribution in [1.82, 2.24) is 0 Å². The minimum atomic E-state index is 0. The van der Waals surface area contributed by atoms with Gasteiger partial charge < -0.3 is 4.57 Å². The van der Waals surface area contributed by atoms with Crippen molar-refractivity contribution in [2.45, 2.75) is 6.92 Å². The summed E-state index contributed by atoms with van der Waals surface area (Å²) in [6.07, 6.45) is 1.54. The van der Waals surface area contributed by atoms with E-state index in [0.29, 0.717) is 0 Å². The Bertz CT molecular complexity index is 37.2. The van der Waals surface area contributed by atoms with E-state index in [1.54, 1.807) is 22.2 Å². The van der Waals surface area contributed by atoms with E-state index in [-0.39, 0.29) is 73.9 Å². The second-order valence-electron chi connectivity index (χ2n) is 0.364. The number of hydrogen-bond donors (Lipinski definition) is 0. The molecule has 0 aliphatic heterocycles. The van der Waals surface area contributed by atoms with Gasteiger partial charge in [-0.25, -0.2) is 6.16 Å². The first-order chi connectivity index (χ1) is 2.91. The Morgan fingerprint density at radius 3 is 1.50 bits per heavy atom. The van der Waals surface area contributed by atoms with Crippen molar-refractivity contribution in [3.8, 4) is 0 Å². The van der Waals surface area contributed by atoms with Crippen LogP contribution in [-0.4, -0.2) is 0 Å². The van der Waals surface area contributed by atoms with Crippen LogP contribution >= 0.6 is 17.6 Å². The first-order valence-electron chi connectivity index (χ1n) is 1.22. The molecule has 0 aromatic heterocycles. The van der Waals surface area contributed by atoms with E-state index in [2.05, 4.69) is 0 Å². The molecule has 2 nitrogen and oxygen atoms in total. The third-order valence-corrected chi connectivity index (χ3v) is 0.316. The predicted octanol–water partition coefficient (Wildman–Crippen LogP) is 1.93. The first kappa shape index (κ1) is 22.4. The maximum atomic E-state index is 9.22. The average Bonchev–Trinajstić information content (AvgIpc) is 1.72. The fraction of sp³-hybridized carbons (Fsp3) is 0.500. The van der Waals surface area contributed by atoms with Gasteiger partial charge in [-0.2, -0.15) is 6.92 Å². The monoisotopic (exact) mass is 301 g/mol. The van der Waals surface area contributed by atoms with E-state index in [4.69, 9.17) is 4.57 Å². The quantitative estimate of drug-likeness (QED) is 0.548. The Balaban J connectivity index is -0.0000000183. The van der Waals surface area contributed by atoms with E-state index in [1.165, 1.54) is 0 Å². The summed E-state index contributed by atoms with van der Waals surface area (Å²) in [6, 6.07) is 0. The van der Waals surface area contributed by atoms with Crippen LogP contribution in [0, 0.1) is 6.16 Å². The van der Waals surface area contributed by atoms with Gasteiger partial charge in [-0.3, -0.25) is 4.57 Å². The van der Waals surface area contributed by atoms with Crippen molar-refractivity contribution < 1.29 is 74.5 Å². The number of rotatable bonds is 1. The molecular weight excluding hydrogens is 296 g/mol. The summed E-state index contributed by atoms with van der Waals surface area (Å²) < 4.78 is 17.3. The molecule has 8 heavy (non-hydrogen) atoms. The second-order valence-corrected chi connectivity index (χ2v) is 1.09. The summed E-state index contributed by atoms with van der Waals surface area (Å²) in [7, 11) is 1.85. The molecule has 0 heterocycles. The van der Waals surface area contributed by atoms with Gasteiger partial charge in [0.05, 0.1) is 0 Å². The van der Waals surface area contributed by atoms with E-state index < -0.39 is 0 Å². The molecule has 0 rings (SSSR count). The van der Waals surface area contributed by atoms with Crippen LogP contribution in [0.15, 0.2) is 0 Å². The fourth-order valence-electron chi connectivity index (χ4n) is 0. The number of hydrogen-bond acceptors (Lipinski definition) is 2. The Morgan fingerprint density at radius 2 is 1.50 bits per heavy atom. The van der Waals surface area contributed by atoms with E-state index in [9.17, 15) is 4.57 Å². The summed E-state index contributed by atoms with van der Waals surface area (Å²) >= 11 is 0. The molecule has 0 amide bonds. The van der Waals surface area contributed by atoms with Crippen LogP contribution in [0.2, 0.25) is 0 Å². The van der Waals surface area contributed by atoms with Gasteiger partial charge in [0.1, 0.15) is 9.12 Å². The molecule has 0 aliphatic carbocycles. The van der Waals surface area contributed by atoms with E-state index >= 15 is 0 Å². The van der Waals surface area contributed by atoms with Crippen LogP contribution in [0.5, 0.6) is 0 Å². The predicted molar refractivity (Wildman–Crippen MR) is 26.6 cm³/mol. The van der Waals surface area contributed by atoms with Gasteiger partial charge in [0.25, 0.3) is 0 Å². The standard InChI is InChI=1S/C2H4OP.HOP.2Y/c1-2-4-3;1-2;;/h2H,1H3;2H;;/q-1;;;. The van der Waals surface area contributed by atoms with Crippen LogP contribution in [0.3, 0.4) is 0 Å². The third kappa shape index (κ3) is 39.7. The maximum Gasteiger partial charge on any atom is 0.138 e. The molecule has 0 atom stereocenters. The Kier molecular flexibility index (Phi) is 96.0. The zero-order valence-corrected chi connectivity index (χ0v) is 12.1. The van der Waals surface area contributed by atoms with Gasteiger partial charge in [-0.1, -0.05) is 0 Å². The molecule has 0 unspecified atom stereocenters. The van der Waals surface area contributed by atoms with Gasteiger partial charge in [0, 0.05) is 65.4 Å². The molecular formula is C2H5O2P2Y2-. The van der Waals surface area contributed by atoms with Gasteiger partial charge >= 0.3 is 0 Å². The van der Waals surface area contributed by atoms with Gasteiger partial charge in [0.2, 0.25) is 0 Å². The van der Waals surface area contributed by atoms with Crippen LogP contribution in [-0.2, 0) is 74.5 Å². The molecule has 0 aliphatic rings. The van der Waals surface area contributed by atoms with Crippen molar-refractivity contribution in [1.29, 1.82) is 0 Å². The molecule has 42 valence electrons. The topological polar surface area (TPSA) is 34.1 Å². The molecule has 0 saturated carbocycles. The second kappa shape index (κ2) is 34.2. The van der Waals surface area contributed by atoms with E-state index in [1.807, 2.05) is 0 Å². The maximum absolute atomic E-state index is 9.22. The van der Waals surface area contributed by atoms with Crippen LogP contribution in [0.25, 0.3) is 0 Å². The molecule has 0 aromatic carbocycles. The summed E-state index contributed by atoms with van der Waals surface area (Å²) in [4.78, 5) is 0. The van der Waals surface area contributed by atoms with Gasteiger partial charge in [-0.15, -0.1) is 0 Å². The van der Waals surface area contributed by atoms with Crippen molar-refractivity contribution in [2.24, 2.45) is 0 Å². The molecule has 0 spiro atoms. The zero-order valence-electron chi connectivity index (χ0n) is 4.50. The first-order valence-corrected chi connectivity index (χ1v) is 2.51. The molecule has 0 bridgehead atoms. The van der Waals surface area contributed by atoms with Crippen LogP contribution in [0.1, 0.15) is 6.92 Å². The van der Waals surface area contributed by atoms with Crippen molar-refractivity contribution in [3.05, 3.63) is 6.16 Å². The molecule has 2 radical (unpaired) electrons. The summed E-state index contributed by atoms with van der Waals surface area (Å²) in [5, 5.41) is 0. The smallest absolute Gasteiger partial charge is 0.138 e. The molecule has 0 fully saturated rings. The SMILES string of the molecule is C[CH-]P=O.O=P.[Y].[Y]. The van der Waals surface area contributed by atoms with Crippen molar-refractivity contribution in [3.63, 3.8) is 0 Å². The van der Waals surface area contributed by atoms with E-state index in [0.717, 1.165) is 0 Å². The van der Waals surface area contributed by atoms with Crippen molar-refractivity contribution in [2.75, 3.05) is 0 Å². The fourth-order valence-corrected chi connectivity index (χ4v) is 0. The summed E-state index contributed by atoms with van der Waals surface area (Å²) in [5.74, 6) is 0. The third-order valence-electron chi connectivity index (χ3n) is 0.105. The molecule has 6 heteroatoms. The largest absolute Gasteiger partial charge is 0.314 e. The minimum Gasteiger partial charge on any atom is -0.314 e. The van der Waals surface area contributed by atoms with Crippen molar-refractivity contribution >= 4 is 17.6 Å². The van der Waals surface area contributed by atoms with Gasteiger partial charge in [0.15, 0.2) is 0 Å². The van der Waals surface area contributed by atoms with Crippen LogP contribution < -0.4 is 0 Å². The Hall–Kier alpha value is 2.41. The molecule has 0 N–H and O–H groups in total. The Labute approximate surface area is 104 Å². The molecule has 0 saturated heterocycles. The summed E-state index contributed by atoms with van der Waals surface area (Å²) in [6.45, 7) is 1.73.